The van der Waals surface area contributed by atoms with Crippen LogP contribution in [0.5, 0.6) is 11.5 Å². The number of hydrogen-bond donors (Lipinski definition) is 2. The minimum atomic E-state index is -0.622. The van der Waals surface area contributed by atoms with E-state index in [0.717, 1.165) is 11.1 Å². The van der Waals surface area contributed by atoms with Gasteiger partial charge in [0.2, 0.25) is 0 Å². The first-order chi connectivity index (χ1) is 17.5. The van der Waals surface area contributed by atoms with Gasteiger partial charge in [0.25, 0.3) is 0 Å². The van der Waals surface area contributed by atoms with Gasteiger partial charge in [-0.1, -0.05) is 66.7 Å². The molecule has 2 N–H and O–H groups in total. The van der Waals surface area contributed by atoms with Crippen LogP contribution in [0.3, 0.4) is 0 Å². The lowest BCUT2D eigenvalue weighted by atomic mass is 9.69. The highest BCUT2D eigenvalue weighted by Crippen LogP contribution is 2.52. The van der Waals surface area contributed by atoms with Crippen LogP contribution in [0.2, 0.25) is 0 Å². The number of aromatic hydroxyl groups is 2. The Labute approximate surface area is 209 Å². The third kappa shape index (κ3) is 3.81. The van der Waals surface area contributed by atoms with Crippen molar-refractivity contribution in [1.82, 2.24) is 0 Å². The lowest BCUT2D eigenvalue weighted by Gasteiger charge is -2.39. The number of ether oxygens (including phenoxy) is 1. The fourth-order valence-corrected chi connectivity index (χ4v) is 5.90. The van der Waals surface area contributed by atoms with Crippen molar-refractivity contribution in [3.8, 4) is 11.5 Å². The third-order valence-corrected chi connectivity index (χ3v) is 7.63. The average molecular weight is 479 g/mol. The van der Waals surface area contributed by atoms with Gasteiger partial charge in [0.1, 0.15) is 11.5 Å². The zero-order valence-corrected chi connectivity index (χ0v) is 19.7. The van der Waals surface area contributed by atoms with Crippen molar-refractivity contribution in [2.45, 2.75) is 43.4 Å². The molecule has 36 heavy (non-hydrogen) atoms. The van der Waals surface area contributed by atoms with E-state index < -0.39 is 5.92 Å². The molecular weight excluding hydrogens is 452 g/mol. The molecule has 0 saturated heterocycles. The molecule has 0 saturated carbocycles. The van der Waals surface area contributed by atoms with E-state index in [-0.39, 0.29) is 34.9 Å². The van der Waals surface area contributed by atoms with Crippen LogP contribution in [-0.4, -0.2) is 21.8 Å². The first kappa shape index (κ1) is 22.4. The first-order valence-corrected chi connectivity index (χ1v) is 12.3. The van der Waals surface area contributed by atoms with Gasteiger partial charge < -0.3 is 14.9 Å². The fourth-order valence-electron chi connectivity index (χ4n) is 5.90. The van der Waals surface area contributed by atoms with E-state index in [9.17, 15) is 19.8 Å². The highest BCUT2D eigenvalue weighted by molar-refractivity contribution is 6.06. The summed E-state index contributed by atoms with van der Waals surface area (Å²) >= 11 is 0. The number of phenols is 2. The van der Waals surface area contributed by atoms with E-state index in [1.54, 1.807) is 6.07 Å². The lowest BCUT2D eigenvalue weighted by Crippen LogP contribution is -2.33. The van der Waals surface area contributed by atoms with Gasteiger partial charge in [0, 0.05) is 42.7 Å². The summed E-state index contributed by atoms with van der Waals surface area (Å²) in [5.74, 6) is -0.0269. The average Bonchev–Trinajstić information content (AvgIpc) is 2.90. The van der Waals surface area contributed by atoms with Crippen LogP contribution < -0.4 is 0 Å². The highest BCUT2D eigenvalue weighted by atomic mass is 16.5. The molecule has 2 aliphatic carbocycles. The Kier molecular flexibility index (Phi) is 5.48. The van der Waals surface area contributed by atoms with E-state index in [4.69, 9.17) is 4.74 Å². The van der Waals surface area contributed by atoms with Gasteiger partial charge in [-0.2, -0.15) is 0 Å². The molecule has 0 bridgehead atoms. The van der Waals surface area contributed by atoms with Crippen molar-refractivity contribution in [3.63, 3.8) is 0 Å². The number of phenolic OH excluding ortho intramolecular Hbond substituents is 2. The van der Waals surface area contributed by atoms with Gasteiger partial charge in [-0.15, -0.1) is 0 Å². The molecule has 3 aromatic rings. The van der Waals surface area contributed by atoms with E-state index in [1.165, 1.54) is 12.1 Å². The molecule has 3 atom stereocenters. The maximum Gasteiger partial charge on any atom is 0.163 e. The molecule has 6 rings (SSSR count). The number of rotatable bonds is 3. The minimum absolute atomic E-state index is 0.00215. The molecule has 1 aliphatic heterocycles. The highest BCUT2D eigenvalue weighted by Gasteiger charge is 2.45. The summed E-state index contributed by atoms with van der Waals surface area (Å²) in [5, 5.41) is 20.2. The Balaban J connectivity index is 1.46. The van der Waals surface area contributed by atoms with Gasteiger partial charge in [0.05, 0.1) is 0 Å². The van der Waals surface area contributed by atoms with Gasteiger partial charge in [0.15, 0.2) is 23.1 Å². The largest absolute Gasteiger partial charge is 0.504 e. The van der Waals surface area contributed by atoms with E-state index in [2.05, 4.69) is 0 Å². The molecule has 0 fully saturated rings. The summed E-state index contributed by atoms with van der Waals surface area (Å²) in [6.07, 6.45) is 1.78. The van der Waals surface area contributed by atoms with Crippen molar-refractivity contribution < 1.29 is 24.5 Å². The quantitative estimate of drug-likeness (QED) is 0.450. The van der Waals surface area contributed by atoms with Crippen LogP contribution in [0, 0.1) is 0 Å². The summed E-state index contributed by atoms with van der Waals surface area (Å²) in [7, 11) is 0. The standard InChI is InChI=1S/C31H26O5/c32-23-12-11-20(13-24(23)33)29-30-25(34)14-21(18-7-3-1-4-8-18)16-27(30)36-28-17-22(15-26(35)31(28)29)19-9-5-2-6-10-19/h1-13,21-22,29,32-33H,14-17H2/t21-,22+,29?. The molecule has 3 aliphatic rings. The maximum absolute atomic E-state index is 13.6. The number of carbonyl (C=O) groups excluding carboxylic acids is 2. The molecule has 1 heterocycles. The predicted molar refractivity (Wildman–Crippen MR) is 134 cm³/mol. The molecule has 5 heteroatoms. The maximum atomic E-state index is 13.6. The number of ketones is 2. The monoisotopic (exact) mass is 478 g/mol. The zero-order chi connectivity index (χ0) is 24.8. The third-order valence-electron chi connectivity index (χ3n) is 7.63. The zero-order valence-electron chi connectivity index (χ0n) is 19.7. The molecule has 0 radical (unpaired) electrons. The molecule has 180 valence electrons. The number of Topliss-reactive ketones (excluding diaryl/α,β-unsaturated/α-hetero) is 2. The van der Waals surface area contributed by atoms with Gasteiger partial charge in [-0.3, -0.25) is 9.59 Å². The summed E-state index contributed by atoms with van der Waals surface area (Å²) in [6.45, 7) is 0. The lowest BCUT2D eigenvalue weighted by molar-refractivity contribution is -0.118. The molecule has 5 nitrogen and oxygen atoms in total. The second kappa shape index (κ2) is 8.83. The predicted octanol–water partition coefficient (Wildman–Crippen LogP) is 6.01. The SMILES string of the molecule is O=C1C[C@@H](c2ccccc2)CC2=C1C(c1ccc(O)c(O)c1)C1=C(C[C@@H](c3ccccc3)CC1=O)O2. The van der Waals surface area contributed by atoms with Crippen molar-refractivity contribution in [2.75, 3.05) is 0 Å². The minimum Gasteiger partial charge on any atom is -0.504 e. The Bertz CT molecular complexity index is 1330. The van der Waals surface area contributed by atoms with Crippen LogP contribution in [-0.2, 0) is 14.3 Å². The Hall–Kier alpha value is -4.12. The number of benzene rings is 3. The topological polar surface area (TPSA) is 83.8 Å². The van der Waals surface area contributed by atoms with E-state index in [1.807, 2.05) is 60.7 Å². The van der Waals surface area contributed by atoms with Gasteiger partial charge in [-0.25, -0.2) is 0 Å². The second-order valence-electron chi connectivity index (χ2n) is 9.83. The summed E-state index contributed by atoms with van der Waals surface area (Å²) in [5.41, 5.74) is 3.77. The van der Waals surface area contributed by atoms with Crippen LogP contribution in [0.25, 0.3) is 0 Å². The Morgan fingerprint density at radius 3 is 1.56 bits per heavy atom. The summed E-state index contributed by atoms with van der Waals surface area (Å²) in [6, 6.07) is 24.4. The molecular formula is C31H26O5. The van der Waals surface area contributed by atoms with Gasteiger partial charge in [-0.05, 0) is 40.7 Å². The molecule has 3 aromatic carbocycles. The van der Waals surface area contributed by atoms with Crippen molar-refractivity contribution in [2.24, 2.45) is 0 Å². The fraction of sp³-hybridized carbons (Fsp3) is 0.226. The number of carbonyl (C=O) groups is 2. The number of hydrogen-bond acceptors (Lipinski definition) is 5. The molecule has 0 spiro atoms. The van der Waals surface area contributed by atoms with Gasteiger partial charge >= 0.3 is 0 Å². The Morgan fingerprint density at radius 2 is 1.08 bits per heavy atom. The Morgan fingerprint density at radius 1 is 0.583 bits per heavy atom. The molecule has 1 unspecified atom stereocenters. The van der Waals surface area contributed by atoms with Crippen molar-refractivity contribution in [1.29, 1.82) is 0 Å². The van der Waals surface area contributed by atoms with Crippen molar-refractivity contribution >= 4 is 11.6 Å². The molecule has 0 aromatic heterocycles. The summed E-state index contributed by atoms with van der Waals surface area (Å²) in [4.78, 5) is 27.3. The van der Waals surface area contributed by atoms with Crippen LogP contribution in [0.4, 0.5) is 0 Å². The first-order valence-electron chi connectivity index (χ1n) is 12.3. The van der Waals surface area contributed by atoms with E-state index >= 15 is 0 Å². The smallest absolute Gasteiger partial charge is 0.163 e. The normalized spacial score (nSPS) is 23.7. The van der Waals surface area contributed by atoms with Crippen molar-refractivity contribution in [3.05, 3.63) is 118 Å². The molecule has 0 amide bonds. The van der Waals surface area contributed by atoms with E-state index in [0.29, 0.717) is 53.9 Å². The summed E-state index contributed by atoms with van der Waals surface area (Å²) < 4.78 is 6.45. The number of allylic oxidation sites excluding steroid dienone is 4. The second-order valence-corrected chi connectivity index (χ2v) is 9.83. The van der Waals surface area contributed by atoms with Crippen LogP contribution >= 0.6 is 0 Å². The van der Waals surface area contributed by atoms with Crippen LogP contribution in [0.15, 0.2) is 102 Å². The van der Waals surface area contributed by atoms with Crippen LogP contribution in [0.1, 0.15) is 60.1 Å².